The number of rotatable bonds is 32. The van der Waals surface area contributed by atoms with E-state index >= 15 is 0 Å². The van der Waals surface area contributed by atoms with Gasteiger partial charge in [-0.2, -0.15) is 0 Å². The Morgan fingerprint density at radius 2 is 0.690 bits per heavy atom. The van der Waals surface area contributed by atoms with E-state index in [9.17, 15) is 9.59 Å². The van der Waals surface area contributed by atoms with E-state index in [-0.39, 0.29) is 17.4 Å². The molecule has 0 fully saturated rings. The molecule has 0 aromatic rings. The maximum Gasteiger partial charge on any atom is 0.885 e. The first-order chi connectivity index (χ1) is 20.2. The molecule has 245 valence electrons. The maximum atomic E-state index is 11.9. The lowest BCUT2D eigenvalue weighted by Gasteiger charge is -2.06. The van der Waals surface area contributed by atoms with Crippen molar-refractivity contribution in [2.45, 2.75) is 194 Å². The van der Waals surface area contributed by atoms with Crippen molar-refractivity contribution in [2.75, 3.05) is 0 Å². The molecule has 0 rings (SSSR count). The molecule has 0 saturated carbocycles. The molecule has 0 aromatic carbocycles. The molecule has 1 radical (unpaired) electrons. The number of allylic oxidation sites excluding steroid dienone is 4. The van der Waals surface area contributed by atoms with Crippen molar-refractivity contribution in [1.29, 1.82) is 0 Å². The Hall–Kier alpha value is -1.09. The Morgan fingerprint density at radius 3 is 1.00 bits per heavy atom. The first-order valence-electron chi connectivity index (χ1n) is 17.7. The van der Waals surface area contributed by atoms with E-state index in [1.54, 1.807) is 0 Å². The van der Waals surface area contributed by atoms with Gasteiger partial charge in [0.05, 0.1) is 0 Å². The fourth-order valence-electron chi connectivity index (χ4n) is 4.93. The second-order valence-corrected chi connectivity index (χ2v) is 12.4. The number of hydrogen-bond donors (Lipinski definition) is 0. The molecule has 0 heterocycles. The Bertz CT molecular complexity index is 568. The van der Waals surface area contributed by atoms with Crippen LogP contribution in [-0.4, -0.2) is 33.3 Å². The molecule has 0 amide bonds. The second kappa shape index (κ2) is 37.9. The van der Waals surface area contributed by atoms with Crippen molar-refractivity contribution < 1.29 is 22.6 Å². The highest BCUT2D eigenvalue weighted by atomic mass is 27.2. The van der Waals surface area contributed by atoms with Gasteiger partial charge in [-0.15, -0.1) is 0 Å². The number of carbonyl (C=O) groups is 2. The van der Waals surface area contributed by atoms with Gasteiger partial charge in [-0.05, 0) is 64.2 Å². The summed E-state index contributed by atoms with van der Waals surface area (Å²) < 4.78 is 10.3. The van der Waals surface area contributed by atoms with Gasteiger partial charge in [-0.25, -0.2) is 0 Å². The van der Waals surface area contributed by atoms with Crippen molar-refractivity contribution >= 4 is 27.8 Å². The van der Waals surface area contributed by atoms with E-state index in [1.807, 2.05) is 0 Å². The third-order valence-corrected chi connectivity index (χ3v) is 8.36. The van der Waals surface area contributed by atoms with E-state index < -0.39 is 15.9 Å². The van der Waals surface area contributed by atoms with Crippen LogP contribution in [0.1, 0.15) is 194 Å². The van der Waals surface area contributed by atoms with E-state index in [0.29, 0.717) is 12.8 Å². The third-order valence-electron chi connectivity index (χ3n) is 7.64. The number of unbranched alkanes of at least 4 members (excludes halogenated alkanes) is 22. The molecule has 2 N–H and O–H groups in total. The summed E-state index contributed by atoms with van der Waals surface area (Å²) in [5.41, 5.74) is 0. The average molecular weight is 608 g/mol. The lowest BCUT2D eigenvalue weighted by molar-refractivity contribution is -0.139. The normalized spacial score (nSPS) is 11.2. The summed E-state index contributed by atoms with van der Waals surface area (Å²) in [6.07, 6.45) is 42.4. The monoisotopic (exact) mass is 607 g/mol. The van der Waals surface area contributed by atoms with E-state index in [2.05, 4.69) is 38.2 Å². The molecule has 0 saturated heterocycles. The third kappa shape index (κ3) is 36.9. The zero-order valence-corrected chi connectivity index (χ0v) is 29.0. The van der Waals surface area contributed by atoms with E-state index in [1.165, 1.54) is 128 Å². The van der Waals surface area contributed by atoms with Gasteiger partial charge in [-0.1, -0.05) is 141 Å². The quantitative estimate of drug-likeness (QED) is 0.0432. The largest absolute Gasteiger partial charge is 0.885 e. The van der Waals surface area contributed by atoms with Crippen molar-refractivity contribution in [3.8, 4) is 0 Å². The molecule has 0 spiro atoms. The molecule has 0 atom stereocenters. The standard InChI is InChI=1S/2C18H34O2.Al.H2O/c2*1-2-3-4-5-6-7-8-9-10-11-12-13-14-15-16-17-18(19)20;;/h2*9-10H,2-8,11-17H2,1H3,(H,19,20);;1H2/q;;+2;/p-2/b2*10-9-;;. The van der Waals surface area contributed by atoms with Crippen LogP contribution in [0.2, 0.25) is 0 Å². The Balaban J connectivity index is 0. The molecule has 0 bridgehead atoms. The summed E-state index contributed by atoms with van der Waals surface area (Å²) in [6, 6.07) is 0. The summed E-state index contributed by atoms with van der Waals surface area (Å²) in [5, 5.41) is 0. The van der Waals surface area contributed by atoms with E-state index in [4.69, 9.17) is 7.58 Å². The predicted octanol–water partition coefficient (Wildman–Crippen LogP) is 10.9. The Kier molecular flexibility index (Phi) is 38.9. The van der Waals surface area contributed by atoms with Crippen LogP contribution in [0.25, 0.3) is 0 Å². The highest BCUT2D eigenvalue weighted by Crippen LogP contribution is 2.12. The molecule has 5 nitrogen and oxygen atoms in total. The van der Waals surface area contributed by atoms with Crippen molar-refractivity contribution in [1.82, 2.24) is 0 Å². The van der Waals surface area contributed by atoms with Gasteiger partial charge in [-0.3, -0.25) is 9.59 Å². The van der Waals surface area contributed by atoms with Crippen molar-refractivity contribution in [3.05, 3.63) is 24.3 Å². The zero-order chi connectivity index (χ0) is 29.9. The molecule has 0 aliphatic rings. The van der Waals surface area contributed by atoms with Crippen LogP contribution < -0.4 is 0 Å². The van der Waals surface area contributed by atoms with Crippen LogP contribution in [-0.2, 0) is 17.2 Å². The van der Waals surface area contributed by atoms with Crippen LogP contribution in [0.4, 0.5) is 0 Å². The van der Waals surface area contributed by atoms with Crippen LogP contribution in [0, 0.1) is 0 Å². The minimum absolute atomic E-state index is 0. The Labute approximate surface area is 267 Å². The molecule has 0 aromatic heterocycles. The minimum atomic E-state index is -1.01. The highest BCUT2D eigenvalue weighted by molar-refractivity contribution is 6.25. The van der Waals surface area contributed by atoms with Gasteiger partial charge in [0.1, 0.15) is 0 Å². The molecule has 0 aliphatic carbocycles. The minimum Gasteiger partial charge on any atom is -0.589 e. The second-order valence-electron chi connectivity index (χ2n) is 11.7. The summed E-state index contributed by atoms with van der Waals surface area (Å²) >= 11 is -1.01. The SMILES string of the molecule is CCCCCCCC/C=C\CCCCCCCC(=O)[O][Al][O]C(=O)CCCCCCC/C=C\CCCCCCCC.O. The fraction of sp³-hybridized carbons (Fsp3) is 0.833. The fourth-order valence-corrected chi connectivity index (χ4v) is 5.43. The smallest absolute Gasteiger partial charge is 0.589 e. The molecular weight excluding hydrogens is 539 g/mol. The Morgan fingerprint density at radius 1 is 0.429 bits per heavy atom. The van der Waals surface area contributed by atoms with Crippen molar-refractivity contribution in [3.63, 3.8) is 0 Å². The summed E-state index contributed by atoms with van der Waals surface area (Å²) in [5.74, 6) is -0.460. The van der Waals surface area contributed by atoms with Crippen LogP contribution in [0.3, 0.4) is 0 Å². The van der Waals surface area contributed by atoms with Gasteiger partial charge in [0.15, 0.2) is 0 Å². The highest BCUT2D eigenvalue weighted by Gasteiger charge is 2.13. The number of hydrogen-bond acceptors (Lipinski definition) is 4. The molecule has 0 aliphatic heterocycles. The summed E-state index contributed by atoms with van der Waals surface area (Å²) in [7, 11) is 0. The number of carbonyl (C=O) groups excluding carboxylic acids is 2. The first kappa shape index (κ1) is 43.0. The topological polar surface area (TPSA) is 84.1 Å². The van der Waals surface area contributed by atoms with Gasteiger partial charge in [0.25, 0.3) is 11.9 Å². The maximum absolute atomic E-state index is 11.9. The summed E-state index contributed by atoms with van der Waals surface area (Å²) in [6.45, 7) is 4.53. The average Bonchev–Trinajstić information content (AvgIpc) is 2.97. The molecule has 0 unspecified atom stereocenters. The molecular formula is C36H68AlO5. The molecule has 42 heavy (non-hydrogen) atoms. The van der Waals surface area contributed by atoms with E-state index in [0.717, 1.165) is 38.5 Å². The van der Waals surface area contributed by atoms with Gasteiger partial charge in [0.2, 0.25) is 0 Å². The van der Waals surface area contributed by atoms with Crippen molar-refractivity contribution in [2.24, 2.45) is 0 Å². The van der Waals surface area contributed by atoms with Crippen LogP contribution >= 0.6 is 0 Å². The van der Waals surface area contributed by atoms with Crippen LogP contribution in [0.15, 0.2) is 24.3 Å². The van der Waals surface area contributed by atoms with Crippen LogP contribution in [0.5, 0.6) is 0 Å². The molecule has 6 heteroatoms. The van der Waals surface area contributed by atoms with Gasteiger partial charge >= 0.3 is 15.9 Å². The zero-order valence-electron chi connectivity index (χ0n) is 27.8. The summed E-state index contributed by atoms with van der Waals surface area (Å²) in [4.78, 5) is 23.7. The predicted molar refractivity (Wildman–Crippen MR) is 180 cm³/mol. The van der Waals surface area contributed by atoms with Gasteiger partial charge in [0, 0.05) is 12.8 Å². The lowest BCUT2D eigenvalue weighted by atomic mass is 10.1. The lowest BCUT2D eigenvalue weighted by Crippen LogP contribution is -2.15. The first-order valence-corrected chi connectivity index (χ1v) is 18.7. The van der Waals surface area contributed by atoms with Gasteiger partial charge < -0.3 is 13.1 Å².